The van der Waals surface area contributed by atoms with E-state index in [1.165, 1.54) is 16.5 Å². The number of furan rings is 1. The average Bonchev–Trinajstić information content (AvgIpc) is 3.44. The van der Waals surface area contributed by atoms with Gasteiger partial charge in [-0.25, -0.2) is 0 Å². The summed E-state index contributed by atoms with van der Waals surface area (Å²) in [6.45, 7) is 6.80. The molecule has 1 saturated heterocycles. The maximum Gasteiger partial charge on any atom is 0.146 e. The monoisotopic (exact) mass is 631 g/mol. The number of halogens is 2. The van der Waals surface area contributed by atoms with E-state index in [0.29, 0.717) is 6.61 Å². The lowest BCUT2D eigenvalue weighted by Gasteiger charge is -2.12. The smallest absolute Gasteiger partial charge is 0.146 e. The van der Waals surface area contributed by atoms with E-state index >= 15 is 0 Å². The van der Waals surface area contributed by atoms with Crippen LogP contribution in [0.25, 0.3) is 11.0 Å². The molecule has 2 heterocycles. The summed E-state index contributed by atoms with van der Waals surface area (Å²) in [5, 5.41) is 4.48. The van der Waals surface area contributed by atoms with Gasteiger partial charge >= 0.3 is 0 Å². The van der Waals surface area contributed by atoms with Crippen LogP contribution in [-0.4, -0.2) is 19.7 Å². The largest absolute Gasteiger partial charge is 0.490 e. The summed E-state index contributed by atoms with van der Waals surface area (Å²) in [6.07, 6.45) is 3.37. The first-order valence-electron chi connectivity index (χ1n) is 10.6. The van der Waals surface area contributed by atoms with Crippen LogP contribution in [0.4, 0.5) is 0 Å². The fourth-order valence-electron chi connectivity index (χ4n) is 3.82. The van der Waals surface area contributed by atoms with E-state index in [1.54, 1.807) is 0 Å². The molecule has 2 aromatic carbocycles. The SMILES string of the molecule is CCCCc1oc2ccccc2c1C1OC1c1cc(I)c(OCCNCC)c(I)c1. The molecule has 2 atom stereocenters. The van der Waals surface area contributed by atoms with Gasteiger partial charge in [0, 0.05) is 23.9 Å². The fraction of sp³-hybridized carbons (Fsp3) is 0.417. The highest BCUT2D eigenvalue weighted by Gasteiger charge is 2.45. The summed E-state index contributed by atoms with van der Waals surface area (Å²) in [5.74, 6) is 2.05. The van der Waals surface area contributed by atoms with Crippen molar-refractivity contribution in [2.75, 3.05) is 19.7 Å². The minimum absolute atomic E-state index is 0.0626. The Morgan fingerprint density at radius 3 is 2.57 bits per heavy atom. The van der Waals surface area contributed by atoms with E-state index in [4.69, 9.17) is 13.9 Å². The molecule has 4 rings (SSSR count). The van der Waals surface area contributed by atoms with Crippen LogP contribution < -0.4 is 10.1 Å². The number of hydrogen-bond donors (Lipinski definition) is 1. The van der Waals surface area contributed by atoms with E-state index in [2.05, 4.69) is 94.7 Å². The Morgan fingerprint density at radius 1 is 1.07 bits per heavy atom. The van der Waals surface area contributed by atoms with Crippen molar-refractivity contribution in [3.8, 4) is 5.75 Å². The molecule has 2 unspecified atom stereocenters. The van der Waals surface area contributed by atoms with Gasteiger partial charge in [0.1, 0.15) is 35.9 Å². The van der Waals surface area contributed by atoms with Crippen LogP contribution in [0.1, 0.15) is 55.8 Å². The van der Waals surface area contributed by atoms with Crippen molar-refractivity contribution in [2.45, 2.75) is 45.3 Å². The highest BCUT2D eigenvalue weighted by atomic mass is 127. The molecule has 3 aromatic rings. The summed E-state index contributed by atoms with van der Waals surface area (Å²) in [6, 6.07) is 12.7. The molecule has 4 nitrogen and oxygen atoms in total. The minimum atomic E-state index is 0.0626. The van der Waals surface area contributed by atoms with Gasteiger partial charge in [-0.05, 0) is 81.9 Å². The van der Waals surface area contributed by atoms with Gasteiger partial charge in [-0.3, -0.25) is 0 Å². The Morgan fingerprint density at radius 2 is 1.83 bits per heavy atom. The number of nitrogens with one attached hydrogen (secondary N) is 1. The number of para-hydroxylation sites is 1. The summed E-state index contributed by atoms with van der Waals surface area (Å²) in [5.41, 5.74) is 3.40. The molecule has 0 saturated carbocycles. The molecule has 0 amide bonds. The lowest BCUT2D eigenvalue weighted by molar-refractivity contribution is 0.311. The zero-order chi connectivity index (χ0) is 21.1. The van der Waals surface area contributed by atoms with Gasteiger partial charge in [-0.15, -0.1) is 0 Å². The third kappa shape index (κ3) is 4.81. The number of likely N-dealkylation sites (N-methyl/N-ethyl adjacent to an activating group) is 1. The first kappa shape index (κ1) is 22.4. The molecule has 1 fully saturated rings. The normalized spacial score (nSPS) is 18.1. The predicted octanol–water partition coefficient (Wildman–Crippen LogP) is 6.79. The zero-order valence-electron chi connectivity index (χ0n) is 17.3. The first-order chi connectivity index (χ1) is 14.6. The van der Waals surface area contributed by atoms with Crippen molar-refractivity contribution in [3.05, 3.63) is 60.4 Å². The lowest BCUT2D eigenvalue weighted by atomic mass is 9.99. The van der Waals surface area contributed by atoms with E-state index in [-0.39, 0.29) is 12.2 Å². The topological polar surface area (TPSA) is 46.9 Å². The van der Waals surface area contributed by atoms with Gasteiger partial charge in [0.05, 0.1) is 7.14 Å². The van der Waals surface area contributed by atoms with Crippen LogP contribution in [0.3, 0.4) is 0 Å². The van der Waals surface area contributed by atoms with E-state index in [9.17, 15) is 0 Å². The predicted molar refractivity (Wildman–Crippen MR) is 137 cm³/mol. The highest BCUT2D eigenvalue weighted by molar-refractivity contribution is 14.1. The van der Waals surface area contributed by atoms with Gasteiger partial charge in [0.2, 0.25) is 0 Å². The van der Waals surface area contributed by atoms with Gasteiger partial charge in [-0.1, -0.05) is 38.5 Å². The number of fused-ring (bicyclic) bond motifs is 1. The van der Waals surface area contributed by atoms with E-state index in [0.717, 1.165) is 56.6 Å². The van der Waals surface area contributed by atoms with Crippen molar-refractivity contribution in [2.24, 2.45) is 0 Å². The molecule has 0 radical (unpaired) electrons. The number of ether oxygens (including phenoxy) is 2. The first-order valence-corrected chi connectivity index (χ1v) is 12.8. The van der Waals surface area contributed by atoms with Crippen LogP contribution in [0, 0.1) is 7.14 Å². The standard InChI is InChI=1S/C24H27I2NO3/c1-3-5-9-20-21(16-8-6-7-10-19(16)29-20)24-22(30-24)15-13-17(25)23(18(26)14-15)28-12-11-27-4-2/h6-8,10,13-14,22,24,27H,3-5,9,11-12H2,1-2H3. The average molecular weight is 631 g/mol. The molecule has 0 bridgehead atoms. The Labute approximate surface area is 205 Å². The van der Waals surface area contributed by atoms with Crippen LogP contribution in [0.5, 0.6) is 5.75 Å². The number of benzene rings is 2. The minimum Gasteiger partial charge on any atom is -0.490 e. The molecule has 160 valence electrons. The summed E-state index contributed by atoms with van der Waals surface area (Å²) < 4.78 is 20.7. The highest BCUT2D eigenvalue weighted by Crippen LogP contribution is 2.55. The summed E-state index contributed by atoms with van der Waals surface area (Å²) >= 11 is 4.74. The number of unbranched alkanes of at least 4 members (excludes halogenated alkanes) is 1. The quantitative estimate of drug-likeness (QED) is 0.152. The molecular weight excluding hydrogens is 604 g/mol. The third-order valence-electron chi connectivity index (χ3n) is 5.37. The van der Waals surface area contributed by atoms with Crippen molar-refractivity contribution in [1.82, 2.24) is 5.32 Å². The second kappa shape index (κ2) is 10.2. The van der Waals surface area contributed by atoms with Crippen LogP contribution in [0.2, 0.25) is 0 Å². The molecule has 1 aliphatic rings. The summed E-state index contributed by atoms with van der Waals surface area (Å²) in [4.78, 5) is 0. The summed E-state index contributed by atoms with van der Waals surface area (Å²) in [7, 11) is 0. The van der Waals surface area contributed by atoms with E-state index in [1.807, 2.05) is 6.07 Å². The molecule has 1 aromatic heterocycles. The van der Waals surface area contributed by atoms with Gasteiger partial charge in [0.25, 0.3) is 0 Å². The molecule has 1 aliphatic heterocycles. The molecule has 1 N–H and O–H groups in total. The van der Waals surface area contributed by atoms with E-state index < -0.39 is 0 Å². The number of epoxide rings is 1. The molecule has 0 spiro atoms. The van der Waals surface area contributed by atoms with Gasteiger partial charge in [0.15, 0.2) is 0 Å². The molecule has 6 heteroatoms. The zero-order valence-corrected chi connectivity index (χ0v) is 21.7. The lowest BCUT2D eigenvalue weighted by Crippen LogP contribution is -2.20. The van der Waals surface area contributed by atoms with Crippen LogP contribution >= 0.6 is 45.2 Å². The Bertz CT molecular complexity index is 994. The Kier molecular flexibility index (Phi) is 7.59. The molecule has 0 aliphatic carbocycles. The van der Waals surface area contributed by atoms with Crippen molar-refractivity contribution in [3.63, 3.8) is 0 Å². The van der Waals surface area contributed by atoms with Crippen LogP contribution in [-0.2, 0) is 11.2 Å². The van der Waals surface area contributed by atoms with Crippen molar-refractivity contribution < 1.29 is 13.9 Å². The van der Waals surface area contributed by atoms with Crippen LogP contribution in [0.15, 0.2) is 40.8 Å². The molecular formula is C24H27I2NO3. The van der Waals surface area contributed by atoms with Crippen molar-refractivity contribution in [1.29, 1.82) is 0 Å². The third-order valence-corrected chi connectivity index (χ3v) is 6.97. The number of aryl methyl sites for hydroxylation is 1. The molecule has 30 heavy (non-hydrogen) atoms. The second-order valence-electron chi connectivity index (χ2n) is 7.53. The second-order valence-corrected chi connectivity index (χ2v) is 9.86. The fourth-order valence-corrected chi connectivity index (χ4v) is 5.95. The number of hydrogen-bond acceptors (Lipinski definition) is 4. The maximum absolute atomic E-state index is 6.22. The van der Waals surface area contributed by atoms with Gasteiger partial charge in [-0.2, -0.15) is 0 Å². The maximum atomic E-state index is 6.22. The van der Waals surface area contributed by atoms with Gasteiger partial charge < -0.3 is 19.2 Å². The Balaban J connectivity index is 1.56. The van der Waals surface area contributed by atoms with Crippen molar-refractivity contribution >= 4 is 56.2 Å². The Hall–Kier alpha value is -0.840. The number of rotatable bonds is 10.